The first-order valence-corrected chi connectivity index (χ1v) is 13.7. The predicted octanol–water partition coefficient (Wildman–Crippen LogP) is 4.44. The van der Waals surface area contributed by atoms with E-state index < -0.39 is 24.0 Å². The second-order valence-electron chi connectivity index (χ2n) is 10.8. The Morgan fingerprint density at radius 1 is 0.976 bits per heavy atom. The van der Waals surface area contributed by atoms with Crippen molar-refractivity contribution in [2.24, 2.45) is 0 Å². The number of hydrogen-bond donors (Lipinski definition) is 2. The average Bonchev–Trinajstić information content (AvgIpc) is 2.94. The van der Waals surface area contributed by atoms with Crippen LogP contribution in [0.4, 0.5) is 0 Å². The summed E-state index contributed by atoms with van der Waals surface area (Å²) in [5.74, 6) is -1.52. The van der Waals surface area contributed by atoms with Crippen LogP contribution >= 0.6 is 0 Å². The van der Waals surface area contributed by atoms with E-state index in [0.29, 0.717) is 17.7 Å². The van der Waals surface area contributed by atoms with Gasteiger partial charge in [0.25, 0.3) is 5.56 Å². The molecule has 5 rings (SSSR count). The van der Waals surface area contributed by atoms with E-state index in [0.717, 1.165) is 46.3 Å². The highest BCUT2D eigenvalue weighted by molar-refractivity contribution is 5.85. The Kier molecular flexibility index (Phi) is 8.12. The van der Waals surface area contributed by atoms with Crippen molar-refractivity contribution in [1.82, 2.24) is 19.8 Å². The Morgan fingerprint density at radius 2 is 1.71 bits per heavy atom. The number of carboxylic acid groups (broad SMARTS) is 1. The van der Waals surface area contributed by atoms with Crippen molar-refractivity contribution < 1.29 is 14.7 Å². The van der Waals surface area contributed by atoms with Crippen molar-refractivity contribution >= 4 is 11.9 Å². The van der Waals surface area contributed by atoms with Crippen molar-refractivity contribution in [3.8, 4) is 11.1 Å². The molecule has 3 heterocycles. The van der Waals surface area contributed by atoms with Gasteiger partial charge in [-0.1, -0.05) is 48.5 Å². The summed E-state index contributed by atoms with van der Waals surface area (Å²) < 4.78 is 1.46. The molecule has 2 atom stereocenters. The molecule has 1 aliphatic rings. The van der Waals surface area contributed by atoms with Crippen molar-refractivity contribution in [3.63, 3.8) is 0 Å². The zero-order chi connectivity index (χ0) is 29.1. The van der Waals surface area contributed by atoms with Gasteiger partial charge in [-0.05, 0) is 72.3 Å². The topological polar surface area (TPSA) is 105 Å². The number of carbonyl (C=O) groups excluding carboxylic acids is 1. The monoisotopic (exact) mass is 550 g/mol. The summed E-state index contributed by atoms with van der Waals surface area (Å²) in [6, 6.07) is 16.8. The van der Waals surface area contributed by atoms with Gasteiger partial charge in [0.15, 0.2) is 0 Å². The zero-order valence-electron chi connectivity index (χ0n) is 23.5. The number of nitrogens with zero attached hydrogens (tertiary/aromatic N) is 3. The summed E-state index contributed by atoms with van der Waals surface area (Å²) >= 11 is 0. The van der Waals surface area contributed by atoms with Gasteiger partial charge in [0.1, 0.15) is 6.04 Å². The molecule has 0 spiro atoms. The standard InChI is InChI=1S/C33H34N4O4/c1-21-8-7-9-22(2)31(21)26-14-25(17-34-18-26)28(16-30(39)40)35-33(41)32(23-10-5-4-6-11-23)37-20-27-19-36(3)13-12-24(27)15-29(37)38/h4-11,14-15,17-18,20,28,32H,12-13,16,19H2,1-3H3,(H,35,41)(H,39,40)/t28-,32?/m0/s1. The maximum Gasteiger partial charge on any atom is 0.305 e. The lowest BCUT2D eigenvalue weighted by Gasteiger charge is -2.28. The maximum absolute atomic E-state index is 14.1. The van der Waals surface area contributed by atoms with Crippen molar-refractivity contribution in [1.29, 1.82) is 0 Å². The Morgan fingerprint density at radius 3 is 2.41 bits per heavy atom. The third kappa shape index (κ3) is 6.12. The van der Waals surface area contributed by atoms with E-state index in [9.17, 15) is 19.5 Å². The molecular weight excluding hydrogens is 516 g/mol. The summed E-state index contributed by atoms with van der Waals surface area (Å²) in [6.07, 6.45) is 5.54. The van der Waals surface area contributed by atoms with Gasteiger partial charge in [0, 0.05) is 43.3 Å². The Hall–Kier alpha value is -4.56. The van der Waals surface area contributed by atoms with Crippen LogP contribution < -0.4 is 10.9 Å². The second kappa shape index (κ2) is 11.9. The summed E-state index contributed by atoms with van der Waals surface area (Å²) in [6.45, 7) is 5.58. The molecule has 0 fully saturated rings. The molecule has 4 aromatic rings. The number of nitrogens with one attached hydrogen (secondary N) is 1. The number of aryl methyl sites for hydroxylation is 2. The van der Waals surface area contributed by atoms with Gasteiger partial charge in [-0.25, -0.2) is 0 Å². The first-order valence-electron chi connectivity index (χ1n) is 13.7. The fourth-order valence-corrected chi connectivity index (χ4v) is 5.69. The van der Waals surface area contributed by atoms with E-state index >= 15 is 0 Å². The van der Waals surface area contributed by atoms with Crippen LogP contribution in [0, 0.1) is 13.8 Å². The molecule has 0 radical (unpaired) electrons. The number of benzene rings is 2. The van der Waals surface area contributed by atoms with Crippen LogP contribution in [0.1, 0.15) is 51.9 Å². The number of aromatic nitrogens is 2. The summed E-state index contributed by atoms with van der Waals surface area (Å²) in [4.78, 5) is 45.9. The van der Waals surface area contributed by atoms with Crippen LogP contribution in [-0.2, 0) is 22.6 Å². The third-order valence-corrected chi connectivity index (χ3v) is 7.73. The zero-order valence-corrected chi connectivity index (χ0v) is 23.5. The normalized spacial score (nSPS) is 14.6. The SMILES string of the molecule is Cc1cccc(C)c1-c1cncc([C@H](CC(=O)O)NC(=O)C(c2ccccc2)n2cc3c(cc2=O)CCN(C)C3)c1. The van der Waals surface area contributed by atoms with Gasteiger partial charge < -0.3 is 15.3 Å². The number of hydrogen-bond acceptors (Lipinski definition) is 5. The number of fused-ring (bicyclic) bond motifs is 1. The van der Waals surface area contributed by atoms with E-state index in [4.69, 9.17) is 0 Å². The quantitative estimate of drug-likeness (QED) is 0.336. The van der Waals surface area contributed by atoms with Crippen LogP contribution in [-0.4, -0.2) is 45.0 Å². The molecule has 8 nitrogen and oxygen atoms in total. The lowest BCUT2D eigenvalue weighted by molar-refractivity contribution is -0.137. The summed E-state index contributed by atoms with van der Waals surface area (Å²) in [7, 11) is 2.02. The van der Waals surface area contributed by atoms with E-state index in [1.165, 1.54) is 4.57 Å². The fourth-order valence-electron chi connectivity index (χ4n) is 5.69. The smallest absolute Gasteiger partial charge is 0.305 e. The highest BCUT2D eigenvalue weighted by Gasteiger charge is 2.29. The van der Waals surface area contributed by atoms with Crippen LogP contribution in [0.15, 0.2) is 84.0 Å². The summed E-state index contributed by atoms with van der Waals surface area (Å²) in [5, 5.41) is 12.7. The average molecular weight is 551 g/mol. The fraction of sp³-hybridized carbons (Fsp3) is 0.273. The number of aliphatic carboxylic acids is 1. The lowest BCUT2D eigenvalue weighted by atomic mass is 9.94. The van der Waals surface area contributed by atoms with Crippen LogP contribution in [0.2, 0.25) is 0 Å². The lowest BCUT2D eigenvalue weighted by Crippen LogP contribution is -2.41. The largest absolute Gasteiger partial charge is 0.481 e. The van der Waals surface area contributed by atoms with Gasteiger partial charge in [-0.15, -0.1) is 0 Å². The van der Waals surface area contributed by atoms with Crippen LogP contribution in [0.25, 0.3) is 11.1 Å². The van der Waals surface area contributed by atoms with Crippen molar-refractivity contribution in [3.05, 3.63) is 123 Å². The Bertz CT molecular complexity index is 1630. The molecule has 0 aliphatic carbocycles. The minimum Gasteiger partial charge on any atom is -0.481 e. The molecule has 1 amide bonds. The minimum absolute atomic E-state index is 0.272. The van der Waals surface area contributed by atoms with Crippen molar-refractivity contribution in [2.45, 2.75) is 45.3 Å². The number of pyridine rings is 2. The number of amides is 1. The minimum atomic E-state index is -1.06. The van der Waals surface area contributed by atoms with E-state index in [1.54, 1.807) is 36.8 Å². The molecule has 8 heteroatoms. The van der Waals surface area contributed by atoms with Gasteiger partial charge >= 0.3 is 5.97 Å². The number of likely N-dealkylation sites (N-methyl/N-ethyl adjacent to an activating group) is 1. The van der Waals surface area contributed by atoms with E-state index in [-0.39, 0.29) is 12.0 Å². The van der Waals surface area contributed by atoms with Gasteiger partial charge in [-0.3, -0.25) is 23.9 Å². The van der Waals surface area contributed by atoms with Crippen LogP contribution in [0.3, 0.4) is 0 Å². The highest BCUT2D eigenvalue weighted by Crippen LogP contribution is 2.30. The number of rotatable bonds is 8. The summed E-state index contributed by atoms with van der Waals surface area (Å²) in [5.41, 5.74) is 6.95. The molecule has 0 saturated heterocycles. The first kappa shape index (κ1) is 28.0. The molecule has 2 aromatic carbocycles. The molecule has 2 aromatic heterocycles. The van der Waals surface area contributed by atoms with E-state index in [1.807, 2.05) is 63.4 Å². The van der Waals surface area contributed by atoms with Crippen molar-refractivity contribution in [2.75, 3.05) is 13.6 Å². The predicted molar refractivity (Wildman–Crippen MR) is 158 cm³/mol. The molecule has 2 N–H and O–H groups in total. The van der Waals surface area contributed by atoms with Gasteiger partial charge in [0.05, 0.1) is 12.5 Å². The molecule has 41 heavy (non-hydrogen) atoms. The van der Waals surface area contributed by atoms with Crippen LogP contribution in [0.5, 0.6) is 0 Å². The van der Waals surface area contributed by atoms with Gasteiger partial charge in [-0.2, -0.15) is 0 Å². The second-order valence-corrected chi connectivity index (χ2v) is 10.8. The molecule has 0 bridgehead atoms. The Labute approximate surface area is 239 Å². The molecule has 210 valence electrons. The Balaban J connectivity index is 1.54. The molecule has 0 saturated carbocycles. The first-order chi connectivity index (χ1) is 19.7. The highest BCUT2D eigenvalue weighted by atomic mass is 16.4. The molecular formula is C33H34N4O4. The molecule has 1 aliphatic heterocycles. The van der Waals surface area contributed by atoms with Gasteiger partial charge in [0.2, 0.25) is 5.91 Å². The maximum atomic E-state index is 14.1. The molecule has 1 unspecified atom stereocenters. The van der Waals surface area contributed by atoms with E-state index in [2.05, 4.69) is 15.2 Å². The number of carbonyl (C=O) groups is 2. The number of carboxylic acids is 1. The third-order valence-electron chi connectivity index (χ3n) is 7.73.